The predicted molar refractivity (Wildman–Crippen MR) is 60.1 cm³/mol. The standard InChI is InChI=1S/C11H21NO4/c1-8(2)15-9(13)6-7-12-10(14)16-11(3,4)5/h8H,6-7H2,1-5H3,(H,12,14). The minimum absolute atomic E-state index is 0.131. The summed E-state index contributed by atoms with van der Waals surface area (Å²) < 4.78 is 9.90. The van der Waals surface area contributed by atoms with Crippen LogP contribution >= 0.6 is 0 Å². The molecule has 0 aromatic heterocycles. The van der Waals surface area contributed by atoms with Crippen LogP contribution in [-0.4, -0.2) is 30.3 Å². The summed E-state index contributed by atoms with van der Waals surface area (Å²) in [7, 11) is 0. The lowest BCUT2D eigenvalue weighted by molar-refractivity contribution is -0.147. The van der Waals surface area contributed by atoms with E-state index in [1.165, 1.54) is 0 Å². The number of carbonyl (C=O) groups is 2. The molecule has 0 atom stereocenters. The summed E-state index contributed by atoms with van der Waals surface area (Å²) >= 11 is 0. The largest absolute Gasteiger partial charge is 0.463 e. The SMILES string of the molecule is CC(C)OC(=O)CCNC(=O)OC(C)(C)C. The van der Waals surface area contributed by atoms with Crippen molar-refractivity contribution < 1.29 is 19.1 Å². The Morgan fingerprint density at radius 2 is 1.81 bits per heavy atom. The molecule has 94 valence electrons. The Morgan fingerprint density at radius 3 is 2.25 bits per heavy atom. The van der Waals surface area contributed by atoms with Crippen molar-refractivity contribution in [3.8, 4) is 0 Å². The lowest BCUT2D eigenvalue weighted by atomic mass is 10.2. The molecule has 5 heteroatoms. The fourth-order valence-electron chi connectivity index (χ4n) is 0.903. The third-order valence-electron chi connectivity index (χ3n) is 1.36. The van der Waals surface area contributed by atoms with Crippen LogP contribution in [0.15, 0.2) is 0 Å². The van der Waals surface area contributed by atoms with Crippen LogP contribution in [0.4, 0.5) is 4.79 Å². The minimum Gasteiger partial charge on any atom is -0.463 e. The van der Waals surface area contributed by atoms with Gasteiger partial charge in [0.15, 0.2) is 0 Å². The fourth-order valence-corrected chi connectivity index (χ4v) is 0.903. The number of hydrogen-bond donors (Lipinski definition) is 1. The number of esters is 1. The second-order valence-electron chi connectivity index (χ2n) is 4.72. The summed E-state index contributed by atoms with van der Waals surface area (Å²) in [5.41, 5.74) is -0.525. The van der Waals surface area contributed by atoms with Crippen LogP contribution in [0.5, 0.6) is 0 Å². The first kappa shape index (κ1) is 14.7. The van der Waals surface area contributed by atoms with E-state index in [-0.39, 0.29) is 25.0 Å². The van der Waals surface area contributed by atoms with Crippen LogP contribution < -0.4 is 5.32 Å². The molecule has 0 rings (SSSR count). The molecule has 0 aliphatic rings. The molecular formula is C11H21NO4. The third kappa shape index (κ3) is 9.30. The maximum Gasteiger partial charge on any atom is 0.407 e. The van der Waals surface area contributed by atoms with Crippen molar-refractivity contribution in [1.29, 1.82) is 0 Å². The first-order chi connectivity index (χ1) is 7.20. The molecule has 0 saturated carbocycles. The molecule has 0 bridgehead atoms. The van der Waals surface area contributed by atoms with Gasteiger partial charge in [-0.1, -0.05) is 0 Å². The first-order valence-electron chi connectivity index (χ1n) is 5.37. The number of alkyl carbamates (subject to hydrolysis) is 1. The van der Waals surface area contributed by atoms with Gasteiger partial charge in [0.2, 0.25) is 0 Å². The fraction of sp³-hybridized carbons (Fsp3) is 0.818. The summed E-state index contributed by atoms with van der Waals surface area (Å²) in [6.45, 7) is 9.11. The summed E-state index contributed by atoms with van der Waals surface area (Å²) in [6.07, 6.45) is -0.504. The highest BCUT2D eigenvalue weighted by atomic mass is 16.6. The Morgan fingerprint density at radius 1 is 1.25 bits per heavy atom. The van der Waals surface area contributed by atoms with Crippen molar-refractivity contribution in [2.24, 2.45) is 0 Å². The van der Waals surface area contributed by atoms with Crippen LogP contribution in [0.25, 0.3) is 0 Å². The first-order valence-corrected chi connectivity index (χ1v) is 5.37. The maximum absolute atomic E-state index is 11.2. The van der Waals surface area contributed by atoms with Crippen LogP contribution in [-0.2, 0) is 14.3 Å². The highest BCUT2D eigenvalue weighted by Crippen LogP contribution is 2.06. The van der Waals surface area contributed by atoms with E-state index in [2.05, 4.69) is 5.32 Å². The predicted octanol–water partition coefficient (Wildman–Crippen LogP) is 1.85. The average Bonchev–Trinajstić information content (AvgIpc) is 1.98. The molecule has 0 spiro atoms. The number of ether oxygens (including phenoxy) is 2. The van der Waals surface area contributed by atoms with Crippen molar-refractivity contribution in [3.63, 3.8) is 0 Å². The molecule has 1 amide bonds. The highest BCUT2D eigenvalue weighted by Gasteiger charge is 2.16. The van der Waals surface area contributed by atoms with E-state index in [0.717, 1.165) is 0 Å². The van der Waals surface area contributed by atoms with Gasteiger partial charge in [-0.25, -0.2) is 4.79 Å². The molecule has 0 saturated heterocycles. The third-order valence-corrected chi connectivity index (χ3v) is 1.36. The molecule has 5 nitrogen and oxygen atoms in total. The summed E-state index contributed by atoms with van der Waals surface area (Å²) in [5, 5.41) is 2.48. The number of rotatable bonds is 4. The topological polar surface area (TPSA) is 64.6 Å². The van der Waals surface area contributed by atoms with Crippen molar-refractivity contribution in [3.05, 3.63) is 0 Å². The lowest BCUT2D eigenvalue weighted by Gasteiger charge is -2.19. The quantitative estimate of drug-likeness (QED) is 0.750. The van der Waals surface area contributed by atoms with Gasteiger partial charge >= 0.3 is 12.1 Å². The van der Waals surface area contributed by atoms with Gasteiger partial charge in [-0.2, -0.15) is 0 Å². The van der Waals surface area contributed by atoms with Gasteiger partial charge in [-0.05, 0) is 34.6 Å². The van der Waals surface area contributed by atoms with Gasteiger partial charge in [0.25, 0.3) is 0 Å². The Bertz CT molecular complexity index is 243. The Labute approximate surface area is 96.5 Å². The molecule has 0 aromatic carbocycles. The monoisotopic (exact) mass is 231 g/mol. The normalized spacial score (nSPS) is 11.1. The molecule has 0 unspecified atom stereocenters. The summed E-state index contributed by atoms with van der Waals surface area (Å²) in [4.78, 5) is 22.3. The Balaban J connectivity index is 3.66. The summed E-state index contributed by atoms with van der Waals surface area (Å²) in [6, 6.07) is 0. The van der Waals surface area contributed by atoms with Crippen LogP contribution in [0.3, 0.4) is 0 Å². The van der Waals surface area contributed by atoms with Crippen LogP contribution in [0, 0.1) is 0 Å². The lowest BCUT2D eigenvalue weighted by Crippen LogP contribution is -2.33. The van der Waals surface area contributed by atoms with Gasteiger partial charge in [0, 0.05) is 6.54 Å². The Kier molecular flexibility index (Phi) is 5.85. The number of nitrogens with one attached hydrogen (secondary N) is 1. The molecule has 0 radical (unpaired) electrons. The average molecular weight is 231 g/mol. The minimum atomic E-state index is -0.525. The number of carbonyl (C=O) groups excluding carboxylic acids is 2. The smallest absolute Gasteiger partial charge is 0.407 e. The van der Waals surface area contributed by atoms with Crippen molar-refractivity contribution in [1.82, 2.24) is 5.32 Å². The van der Waals surface area contributed by atoms with E-state index >= 15 is 0 Å². The van der Waals surface area contributed by atoms with Gasteiger partial charge in [-0.15, -0.1) is 0 Å². The van der Waals surface area contributed by atoms with Crippen LogP contribution in [0.2, 0.25) is 0 Å². The van der Waals surface area contributed by atoms with Crippen LogP contribution in [0.1, 0.15) is 41.0 Å². The molecule has 1 N–H and O–H groups in total. The van der Waals surface area contributed by atoms with Gasteiger partial charge < -0.3 is 14.8 Å². The maximum atomic E-state index is 11.2. The van der Waals surface area contributed by atoms with E-state index in [1.807, 2.05) is 0 Å². The molecule has 0 aliphatic carbocycles. The van der Waals surface area contributed by atoms with Gasteiger partial charge in [0.05, 0.1) is 12.5 Å². The van der Waals surface area contributed by atoms with Crippen molar-refractivity contribution in [2.75, 3.05) is 6.54 Å². The molecule has 0 heterocycles. The number of amides is 1. The van der Waals surface area contributed by atoms with E-state index in [0.29, 0.717) is 0 Å². The highest BCUT2D eigenvalue weighted by molar-refractivity contribution is 5.72. The Hall–Kier alpha value is -1.26. The van der Waals surface area contributed by atoms with Crippen molar-refractivity contribution in [2.45, 2.75) is 52.7 Å². The number of hydrogen-bond acceptors (Lipinski definition) is 4. The second kappa shape index (κ2) is 6.35. The van der Waals surface area contributed by atoms with E-state index in [4.69, 9.17) is 9.47 Å². The van der Waals surface area contributed by atoms with E-state index in [1.54, 1.807) is 34.6 Å². The zero-order chi connectivity index (χ0) is 12.8. The molecular weight excluding hydrogens is 210 g/mol. The molecule has 0 aromatic rings. The zero-order valence-electron chi connectivity index (χ0n) is 10.6. The van der Waals surface area contributed by atoms with E-state index in [9.17, 15) is 9.59 Å². The molecule has 0 aliphatic heterocycles. The van der Waals surface area contributed by atoms with Gasteiger partial charge in [-0.3, -0.25) is 4.79 Å². The van der Waals surface area contributed by atoms with E-state index < -0.39 is 11.7 Å². The molecule has 16 heavy (non-hydrogen) atoms. The molecule has 0 fully saturated rings. The zero-order valence-corrected chi connectivity index (χ0v) is 10.6. The summed E-state index contributed by atoms with van der Waals surface area (Å²) in [5.74, 6) is -0.328. The van der Waals surface area contributed by atoms with Crippen molar-refractivity contribution >= 4 is 12.1 Å². The van der Waals surface area contributed by atoms with Gasteiger partial charge in [0.1, 0.15) is 5.60 Å². The second-order valence-corrected chi connectivity index (χ2v) is 4.72.